The molecule has 0 saturated heterocycles. The largest absolute Gasteiger partial charge is 0.468 e. The van der Waals surface area contributed by atoms with Crippen molar-refractivity contribution < 1.29 is 9.53 Å². The Labute approximate surface area is 132 Å². The van der Waals surface area contributed by atoms with E-state index >= 15 is 0 Å². The Hall–Kier alpha value is -1.11. The van der Waals surface area contributed by atoms with Crippen LogP contribution in [0, 0.1) is 0 Å². The summed E-state index contributed by atoms with van der Waals surface area (Å²) in [6, 6.07) is 8.18. The summed E-state index contributed by atoms with van der Waals surface area (Å²) < 4.78 is 7.25. The summed E-state index contributed by atoms with van der Waals surface area (Å²) in [7, 11) is 3.29. The van der Waals surface area contributed by atoms with Crippen molar-refractivity contribution in [1.29, 1.82) is 0 Å². The monoisotopic (exact) mass is 322 g/mol. The first-order valence-corrected chi connectivity index (χ1v) is 8.66. The third-order valence-electron chi connectivity index (χ3n) is 4.07. The molecule has 112 valence electrons. The number of nitrogens with one attached hydrogen (secondary N) is 1. The number of rotatable bonds is 4. The summed E-state index contributed by atoms with van der Waals surface area (Å²) in [5.74, 6) is -0.155. The van der Waals surface area contributed by atoms with Gasteiger partial charge in [0.1, 0.15) is 5.54 Å². The van der Waals surface area contributed by atoms with Crippen molar-refractivity contribution >= 4 is 39.3 Å². The Kier molecular flexibility index (Phi) is 4.19. The molecule has 3 rings (SSSR count). The lowest BCUT2D eigenvalue weighted by Gasteiger charge is -2.25. The third-order valence-corrected chi connectivity index (χ3v) is 6.46. The Morgan fingerprint density at radius 1 is 1.52 bits per heavy atom. The van der Waals surface area contributed by atoms with E-state index in [1.165, 1.54) is 11.8 Å². The summed E-state index contributed by atoms with van der Waals surface area (Å²) in [4.78, 5) is 16.7. The number of thiazole rings is 1. The molecule has 4 nitrogen and oxygen atoms in total. The van der Waals surface area contributed by atoms with Gasteiger partial charge in [0.05, 0.1) is 17.3 Å². The van der Waals surface area contributed by atoms with Crippen molar-refractivity contribution in [2.24, 2.45) is 0 Å². The number of esters is 1. The minimum Gasteiger partial charge on any atom is -0.468 e. The van der Waals surface area contributed by atoms with Crippen LogP contribution in [0.2, 0.25) is 0 Å². The molecular weight excluding hydrogens is 304 g/mol. The van der Waals surface area contributed by atoms with E-state index in [-0.39, 0.29) is 5.97 Å². The number of aromatic nitrogens is 1. The van der Waals surface area contributed by atoms with Gasteiger partial charge in [-0.15, -0.1) is 11.3 Å². The molecule has 21 heavy (non-hydrogen) atoms. The average molecular weight is 322 g/mol. The zero-order valence-corrected chi connectivity index (χ0v) is 13.7. The number of ether oxygens (including phenoxy) is 1. The highest BCUT2D eigenvalue weighted by molar-refractivity contribution is 8.01. The highest BCUT2D eigenvalue weighted by Gasteiger charge is 2.45. The smallest absolute Gasteiger partial charge is 0.326 e. The predicted octanol–water partition coefficient (Wildman–Crippen LogP) is 3.07. The lowest BCUT2D eigenvalue weighted by Crippen LogP contribution is -2.49. The standard InChI is InChI=1S/C15H18N2O2S2/c1-16-15(13(18)19-2)8-7-10(9-15)20-14-17-11-5-3-4-6-12(11)21-14/h3-6,10,16H,7-9H2,1-2H3. The van der Waals surface area contributed by atoms with Crippen LogP contribution in [0.1, 0.15) is 19.3 Å². The summed E-state index contributed by atoms with van der Waals surface area (Å²) in [5, 5.41) is 3.57. The van der Waals surface area contributed by atoms with E-state index in [9.17, 15) is 4.79 Å². The number of fused-ring (bicyclic) bond motifs is 1. The van der Waals surface area contributed by atoms with Crippen LogP contribution in [0.5, 0.6) is 0 Å². The molecule has 1 N–H and O–H groups in total. The summed E-state index contributed by atoms with van der Waals surface area (Å²) >= 11 is 3.50. The fourth-order valence-electron chi connectivity index (χ4n) is 2.85. The van der Waals surface area contributed by atoms with Crippen LogP contribution in [0.4, 0.5) is 0 Å². The fraction of sp³-hybridized carbons (Fsp3) is 0.467. The number of likely N-dealkylation sites (N-methyl/N-ethyl adjacent to an activating group) is 1. The number of carbonyl (C=O) groups excluding carboxylic acids is 1. The second-order valence-electron chi connectivity index (χ2n) is 5.25. The Balaban J connectivity index is 1.73. The number of hydrogen-bond acceptors (Lipinski definition) is 6. The molecule has 1 heterocycles. The topological polar surface area (TPSA) is 51.2 Å². The van der Waals surface area contributed by atoms with Gasteiger partial charge < -0.3 is 10.1 Å². The van der Waals surface area contributed by atoms with Crippen LogP contribution >= 0.6 is 23.1 Å². The van der Waals surface area contributed by atoms with Crippen molar-refractivity contribution in [2.45, 2.75) is 34.4 Å². The van der Waals surface area contributed by atoms with Crippen molar-refractivity contribution in [3.63, 3.8) is 0 Å². The molecule has 2 atom stereocenters. The van der Waals surface area contributed by atoms with Crippen LogP contribution in [0.3, 0.4) is 0 Å². The number of hydrogen-bond donors (Lipinski definition) is 1. The van der Waals surface area contributed by atoms with E-state index in [1.54, 1.807) is 23.1 Å². The maximum Gasteiger partial charge on any atom is 0.326 e. The number of benzene rings is 1. The molecule has 0 radical (unpaired) electrons. The van der Waals surface area contributed by atoms with Crippen LogP contribution in [0.25, 0.3) is 10.2 Å². The van der Waals surface area contributed by atoms with Gasteiger partial charge in [-0.1, -0.05) is 23.9 Å². The molecule has 6 heteroatoms. The number of nitrogens with zero attached hydrogens (tertiary/aromatic N) is 1. The van der Waals surface area contributed by atoms with Gasteiger partial charge in [0, 0.05) is 5.25 Å². The Morgan fingerprint density at radius 2 is 2.33 bits per heavy atom. The van der Waals surface area contributed by atoms with Gasteiger partial charge in [-0.3, -0.25) is 4.79 Å². The molecule has 1 aliphatic rings. The maximum absolute atomic E-state index is 12.0. The quantitative estimate of drug-likeness (QED) is 0.877. The summed E-state index contributed by atoms with van der Waals surface area (Å²) in [6.07, 6.45) is 2.60. The molecule has 1 fully saturated rings. The third kappa shape index (κ3) is 2.80. The second-order valence-corrected chi connectivity index (χ2v) is 7.83. The van der Waals surface area contributed by atoms with Crippen molar-refractivity contribution in [1.82, 2.24) is 10.3 Å². The molecular formula is C15H18N2O2S2. The highest BCUT2D eigenvalue weighted by atomic mass is 32.2. The van der Waals surface area contributed by atoms with Crippen LogP contribution in [-0.4, -0.2) is 35.9 Å². The molecule has 0 bridgehead atoms. The summed E-state index contributed by atoms with van der Waals surface area (Å²) in [5.41, 5.74) is 0.527. The van der Waals surface area contributed by atoms with E-state index < -0.39 is 5.54 Å². The number of thioether (sulfide) groups is 1. The first-order valence-electron chi connectivity index (χ1n) is 6.96. The van der Waals surface area contributed by atoms with Crippen molar-refractivity contribution in [3.8, 4) is 0 Å². The Morgan fingerprint density at radius 3 is 3.05 bits per heavy atom. The zero-order chi connectivity index (χ0) is 14.9. The average Bonchev–Trinajstić information content (AvgIpc) is 3.10. The first-order chi connectivity index (χ1) is 10.2. The van der Waals surface area contributed by atoms with Crippen LogP contribution in [-0.2, 0) is 9.53 Å². The van der Waals surface area contributed by atoms with E-state index in [1.807, 2.05) is 25.2 Å². The number of carbonyl (C=O) groups is 1. The van der Waals surface area contributed by atoms with E-state index in [2.05, 4.69) is 16.4 Å². The number of para-hydroxylation sites is 1. The minimum absolute atomic E-state index is 0.155. The maximum atomic E-state index is 12.0. The van der Waals surface area contributed by atoms with Crippen LogP contribution < -0.4 is 5.32 Å². The lowest BCUT2D eigenvalue weighted by atomic mass is 9.98. The predicted molar refractivity (Wildman–Crippen MR) is 86.9 cm³/mol. The Bertz CT molecular complexity index is 625. The zero-order valence-electron chi connectivity index (χ0n) is 12.1. The minimum atomic E-state index is -0.525. The molecule has 1 saturated carbocycles. The molecule has 1 aromatic carbocycles. The molecule has 0 amide bonds. The van der Waals surface area contributed by atoms with Gasteiger partial charge >= 0.3 is 5.97 Å². The lowest BCUT2D eigenvalue weighted by molar-refractivity contribution is -0.148. The van der Waals surface area contributed by atoms with Gasteiger partial charge in [0.15, 0.2) is 4.34 Å². The molecule has 1 aromatic heterocycles. The fourth-order valence-corrected chi connectivity index (χ4v) is 5.46. The molecule has 0 aliphatic heterocycles. The van der Waals surface area contributed by atoms with Crippen molar-refractivity contribution in [2.75, 3.05) is 14.2 Å². The molecule has 2 unspecified atom stereocenters. The van der Waals surface area contributed by atoms with E-state index in [0.29, 0.717) is 5.25 Å². The molecule has 2 aromatic rings. The van der Waals surface area contributed by atoms with E-state index in [4.69, 9.17) is 4.74 Å². The molecule has 1 aliphatic carbocycles. The highest BCUT2D eigenvalue weighted by Crippen LogP contribution is 2.42. The SMILES string of the molecule is CNC1(C(=O)OC)CCC(Sc2nc3ccccc3s2)C1. The van der Waals surface area contributed by atoms with Gasteiger partial charge in [-0.05, 0) is 38.4 Å². The van der Waals surface area contributed by atoms with Gasteiger partial charge in [-0.2, -0.15) is 0 Å². The van der Waals surface area contributed by atoms with Gasteiger partial charge in [0.2, 0.25) is 0 Å². The van der Waals surface area contributed by atoms with Crippen molar-refractivity contribution in [3.05, 3.63) is 24.3 Å². The first kappa shape index (κ1) is 14.8. The normalized spacial score (nSPS) is 25.3. The molecule has 0 spiro atoms. The van der Waals surface area contributed by atoms with E-state index in [0.717, 1.165) is 29.1 Å². The van der Waals surface area contributed by atoms with Gasteiger partial charge in [-0.25, -0.2) is 4.98 Å². The number of methoxy groups -OCH3 is 1. The van der Waals surface area contributed by atoms with Crippen LogP contribution in [0.15, 0.2) is 28.6 Å². The van der Waals surface area contributed by atoms with Gasteiger partial charge in [0.25, 0.3) is 0 Å². The summed E-state index contributed by atoms with van der Waals surface area (Å²) in [6.45, 7) is 0. The second kappa shape index (κ2) is 5.94.